The number of carbonyl (C=O) groups excluding carboxylic acids is 2. The van der Waals surface area contributed by atoms with E-state index in [1.807, 2.05) is 24.3 Å². The van der Waals surface area contributed by atoms with Crippen molar-refractivity contribution in [3.8, 4) is 0 Å². The highest BCUT2D eigenvalue weighted by Crippen LogP contribution is 2.47. The average molecular weight is 273 g/mol. The lowest BCUT2D eigenvalue weighted by Gasteiger charge is -2.31. The van der Waals surface area contributed by atoms with Gasteiger partial charge in [-0.25, -0.2) is 0 Å². The molecule has 2 N–H and O–H groups in total. The van der Waals surface area contributed by atoms with Gasteiger partial charge in [-0.3, -0.25) is 9.59 Å². The lowest BCUT2D eigenvalue weighted by molar-refractivity contribution is -0.145. The predicted octanol–water partition coefficient (Wildman–Crippen LogP) is 0.482. The number of carbonyl (C=O) groups is 2. The second-order valence-corrected chi connectivity index (χ2v) is 5.71. The summed E-state index contributed by atoms with van der Waals surface area (Å²) in [5.41, 5.74) is 7.99. The number of likely N-dealkylation sites (N-methyl/N-ethyl adjacent to an activating group) is 1. The summed E-state index contributed by atoms with van der Waals surface area (Å²) in [6, 6.07) is 7.90. The SMILES string of the molecule is CN1CCN(c2ccc(C3(CN)CC3)cc2)C(=O)C1=O. The Balaban J connectivity index is 1.81. The Kier molecular flexibility index (Phi) is 3.01. The third kappa shape index (κ3) is 1.98. The Morgan fingerprint density at radius 3 is 2.30 bits per heavy atom. The van der Waals surface area contributed by atoms with Gasteiger partial charge in [-0.05, 0) is 30.5 Å². The molecule has 2 fully saturated rings. The van der Waals surface area contributed by atoms with Gasteiger partial charge in [0.1, 0.15) is 0 Å². The van der Waals surface area contributed by atoms with Crippen LogP contribution in [0.25, 0.3) is 0 Å². The van der Waals surface area contributed by atoms with E-state index in [1.54, 1.807) is 11.9 Å². The highest BCUT2D eigenvalue weighted by molar-refractivity contribution is 6.40. The molecular formula is C15H19N3O2. The van der Waals surface area contributed by atoms with E-state index in [2.05, 4.69) is 0 Å². The maximum Gasteiger partial charge on any atom is 0.316 e. The first-order chi connectivity index (χ1) is 9.57. The van der Waals surface area contributed by atoms with Gasteiger partial charge in [0, 0.05) is 37.8 Å². The Bertz CT molecular complexity index is 549. The van der Waals surface area contributed by atoms with Crippen molar-refractivity contribution < 1.29 is 9.59 Å². The fourth-order valence-electron chi connectivity index (χ4n) is 2.73. The lowest BCUT2D eigenvalue weighted by Crippen LogP contribution is -2.53. The van der Waals surface area contributed by atoms with Crippen LogP contribution in [-0.4, -0.2) is 43.4 Å². The Morgan fingerprint density at radius 2 is 1.75 bits per heavy atom. The van der Waals surface area contributed by atoms with Crippen LogP contribution < -0.4 is 10.6 Å². The number of nitrogens with zero attached hydrogens (tertiary/aromatic N) is 2. The van der Waals surface area contributed by atoms with Crippen molar-refractivity contribution in [2.45, 2.75) is 18.3 Å². The fourth-order valence-corrected chi connectivity index (χ4v) is 2.73. The van der Waals surface area contributed by atoms with Crippen LogP contribution in [0.4, 0.5) is 5.69 Å². The first kappa shape index (κ1) is 13.1. The summed E-state index contributed by atoms with van der Waals surface area (Å²) in [4.78, 5) is 26.7. The van der Waals surface area contributed by atoms with Crippen molar-refractivity contribution >= 4 is 17.5 Å². The molecule has 5 heteroatoms. The molecule has 1 aromatic carbocycles. The van der Waals surface area contributed by atoms with Gasteiger partial charge < -0.3 is 15.5 Å². The smallest absolute Gasteiger partial charge is 0.316 e. The first-order valence-electron chi connectivity index (χ1n) is 6.95. The zero-order valence-corrected chi connectivity index (χ0v) is 11.6. The Labute approximate surface area is 118 Å². The second kappa shape index (κ2) is 4.59. The van der Waals surface area contributed by atoms with E-state index >= 15 is 0 Å². The van der Waals surface area contributed by atoms with Crippen molar-refractivity contribution in [2.24, 2.45) is 5.73 Å². The number of piperazine rings is 1. The van der Waals surface area contributed by atoms with Gasteiger partial charge in [0.05, 0.1) is 0 Å². The van der Waals surface area contributed by atoms with E-state index in [1.165, 1.54) is 10.5 Å². The molecule has 20 heavy (non-hydrogen) atoms. The van der Waals surface area contributed by atoms with Gasteiger partial charge in [-0.15, -0.1) is 0 Å². The third-order valence-electron chi connectivity index (χ3n) is 4.47. The Morgan fingerprint density at radius 1 is 1.10 bits per heavy atom. The molecule has 2 aliphatic rings. The highest BCUT2D eigenvalue weighted by Gasteiger charge is 2.42. The molecule has 1 saturated heterocycles. The average Bonchev–Trinajstić information content (AvgIpc) is 3.26. The molecule has 0 unspecified atom stereocenters. The van der Waals surface area contributed by atoms with Gasteiger partial charge >= 0.3 is 11.8 Å². The quantitative estimate of drug-likeness (QED) is 0.815. The molecule has 106 valence electrons. The summed E-state index contributed by atoms with van der Waals surface area (Å²) in [5, 5.41) is 0. The molecule has 3 rings (SSSR count). The summed E-state index contributed by atoms with van der Waals surface area (Å²) >= 11 is 0. The minimum absolute atomic E-state index is 0.153. The van der Waals surface area contributed by atoms with Crippen molar-refractivity contribution in [1.29, 1.82) is 0 Å². The molecule has 0 spiro atoms. The van der Waals surface area contributed by atoms with Crippen molar-refractivity contribution in [3.63, 3.8) is 0 Å². The van der Waals surface area contributed by atoms with Gasteiger partial charge in [0.25, 0.3) is 0 Å². The molecule has 1 heterocycles. The van der Waals surface area contributed by atoms with Crippen molar-refractivity contribution in [2.75, 3.05) is 31.6 Å². The van der Waals surface area contributed by atoms with E-state index in [-0.39, 0.29) is 5.41 Å². The van der Waals surface area contributed by atoms with E-state index in [4.69, 9.17) is 5.73 Å². The topological polar surface area (TPSA) is 66.6 Å². The van der Waals surface area contributed by atoms with Crippen LogP contribution >= 0.6 is 0 Å². The summed E-state index contributed by atoms with van der Waals surface area (Å²) in [6.45, 7) is 1.78. The number of hydrogen-bond acceptors (Lipinski definition) is 3. The highest BCUT2D eigenvalue weighted by atomic mass is 16.2. The molecule has 0 aromatic heterocycles. The van der Waals surface area contributed by atoms with Crippen LogP contribution in [0.5, 0.6) is 0 Å². The van der Waals surface area contributed by atoms with Crippen molar-refractivity contribution in [1.82, 2.24) is 4.90 Å². The molecule has 1 aromatic rings. The van der Waals surface area contributed by atoms with Crippen LogP contribution in [-0.2, 0) is 15.0 Å². The molecule has 1 aliphatic heterocycles. The number of amides is 2. The number of hydrogen-bond donors (Lipinski definition) is 1. The molecule has 0 radical (unpaired) electrons. The van der Waals surface area contributed by atoms with Gasteiger partial charge in [0.15, 0.2) is 0 Å². The van der Waals surface area contributed by atoms with Gasteiger partial charge in [0.2, 0.25) is 0 Å². The minimum Gasteiger partial charge on any atom is -0.336 e. The molecule has 1 aliphatic carbocycles. The minimum atomic E-state index is -0.452. The molecule has 0 bridgehead atoms. The monoisotopic (exact) mass is 273 g/mol. The van der Waals surface area contributed by atoms with E-state index in [9.17, 15) is 9.59 Å². The maximum absolute atomic E-state index is 12.0. The van der Waals surface area contributed by atoms with Gasteiger partial charge in [-0.1, -0.05) is 12.1 Å². The molecule has 5 nitrogen and oxygen atoms in total. The summed E-state index contributed by atoms with van der Waals surface area (Å²) < 4.78 is 0. The third-order valence-corrected chi connectivity index (χ3v) is 4.47. The van der Waals surface area contributed by atoms with Gasteiger partial charge in [-0.2, -0.15) is 0 Å². The van der Waals surface area contributed by atoms with Crippen LogP contribution in [0.1, 0.15) is 18.4 Å². The van der Waals surface area contributed by atoms with E-state index < -0.39 is 11.8 Å². The van der Waals surface area contributed by atoms with Crippen LogP contribution in [0.15, 0.2) is 24.3 Å². The number of rotatable bonds is 3. The largest absolute Gasteiger partial charge is 0.336 e. The summed E-state index contributed by atoms with van der Waals surface area (Å²) in [7, 11) is 1.65. The van der Waals surface area contributed by atoms with Crippen molar-refractivity contribution in [3.05, 3.63) is 29.8 Å². The normalized spacial score (nSPS) is 21.3. The molecule has 2 amide bonds. The maximum atomic E-state index is 12.0. The molecule has 0 atom stereocenters. The first-order valence-corrected chi connectivity index (χ1v) is 6.95. The number of benzene rings is 1. The lowest BCUT2D eigenvalue weighted by atomic mass is 9.96. The number of nitrogens with two attached hydrogens (primary N) is 1. The van der Waals surface area contributed by atoms with E-state index in [0.717, 1.165) is 18.5 Å². The zero-order chi connectivity index (χ0) is 14.3. The van der Waals surface area contributed by atoms with Crippen LogP contribution in [0.2, 0.25) is 0 Å². The van der Waals surface area contributed by atoms with Crippen LogP contribution in [0.3, 0.4) is 0 Å². The zero-order valence-electron chi connectivity index (χ0n) is 11.6. The standard InChI is InChI=1S/C15H19N3O2/c1-17-8-9-18(14(20)13(17)19)12-4-2-11(3-5-12)15(10-16)6-7-15/h2-5H,6-10,16H2,1H3. The molecule has 1 saturated carbocycles. The number of anilines is 1. The van der Waals surface area contributed by atoms with E-state index in [0.29, 0.717) is 19.6 Å². The Hall–Kier alpha value is -1.88. The summed E-state index contributed by atoms with van der Waals surface area (Å²) in [6.07, 6.45) is 2.27. The fraction of sp³-hybridized carbons (Fsp3) is 0.467. The molecular weight excluding hydrogens is 254 g/mol. The second-order valence-electron chi connectivity index (χ2n) is 5.71. The predicted molar refractivity (Wildman–Crippen MR) is 76.4 cm³/mol. The van der Waals surface area contributed by atoms with Crippen LogP contribution in [0, 0.1) is 0 Å². The summed E-state index contributed by atoms with van der Waals surface area (Å²) in [5.74, 6) is -0.896.